The average molecular weight is 286 g/mol. The molecule has 1 unspecified atom stereocenters. The zero-order valence-corrected chi connectivity index (χ0v) is 12.1. The number of rotatable bonds is 1. The van der Waals surface area contributed by atoms with Gasteiger partial charge in [0.25, 0.3) is 5.91 Å². The van der Waals surface area contributed by atoms with Gasteiger partial charge in [-0.2, -0.15) is 0 Å². The number of amides is 1. The molecule has 1 amide bonds. The van der Waals surface area contributed by atoms with E-state index < -0.39 is 0 Å². The predicted molar refractivity (Wildman–Crippen MR) is 82.5 cm³/mol. The summed E-state index contributed by atoms with van der Waals surface area (Å²) in [7, 11) is 0. The highest BCUT2D eigenvalue weighted by Gasteiger charge is 2.28. The molecular weight excluding hydrogens is 270 g/mol. The number of nitrogens with zero attached hydrogens (tertiary/aromatic N) is 1. The Morgan fingerprint density at radius 3 is 2.80 bits per heavy atom. The third kappa shape index (κ3) is 2.32. The normalized spacial score (nSPS) is 17.7. The first-order valence-electron chi connectivity index (χ1n) is 6.84. The first-order valence-corrected chi connectivity index (χ1v) is 7.21. The zero-order valence-electron chi connectivity index (χ0n) is 11.3. The predicted octanol–water partition coefficient (Wildman–Crippen LogP) is 4.32. The van der Waals surface area contributed by atoms with Crippen molar-refractivity contribution in [1.29, 1.82) is 0 Å². The number of halogens is 1. The van der Waals surface area contributed by atoms with Crippen LogP contribution in [0.1, 0.15) is 29.3 Å². The van der Waals surface area contributed by atoms with Crippen molar-refractivity contribution in [3.05, 3.63) is 64.7 Å². The minimum atomic E-state index is 0.0205. The highest BCUT2D eigenvalue weighted by molar-refractivity contribution is 6.31. The second kappa shape index (κ2) is 5.29. The molecule has 1 atom stereocenters. The molecule has 2 aromatic rings. The van der Waals surface area contributed by atoms with Crippen molar-refractivity contribution in [3.63, 3.8) is 0 Å². The third-order valence-corrected chi connectivity index (χ3v) is 4.05. The molecule has 102 valence electrons. The molecular formula is C17H16ClNO. The van der Waals surface area contributed by atoms with Crippen LogP contribution in [0.5, 0.6) is 0 Å². The second-order valence-corrected chi connectivity index (χ2v) is 5.64. The molecule has 1 aliphatic heterocycles. The molecule has 0 spiro atoms. The molecule has 0 bridgehead atoms. The number of hydrogen-bond donors (Lipinski definition) is 0. The summed E-state index contributed by atoms with van der Waals surface area (Å²) in [6.07, 6.45) is 2.01. The van der Waals surface area contributed by atoms with Gasteiger partial charge in [0.2, 0.25) is 0 Å². The number of aryl methyl sites for hydroxylation is 1. The summed E-state index contributed by atoms with van der Waals surface area (Å²) in [5, 5.41) is 0.591. The van der Waals surface area contributed by atoms with Crippen LogP contribution >= 0.6 is 11.6 Å². The highest BCUT2D eigenvalue weighted by atomic mass is 35.5. The minimum absolute atomic E-state index is 0.0205. The summed E-state index contributed by atoms with van der Waals surface area (Å²) < 4.78 is 0. The molecule has 3 heteroatoms. The van der Waals surface area contributed by atoms with Gasteiger partial charge in [0, 0.05) is 22.3 Å². The van der Waals surface area contributed by atoms with Crippen molar-refractivity contribution in [2.45, 2.75) is 25.8 Å². The molecule has 0 saturated heterocycles. The van der Waals surface area contributed by atoms with Gasteiger partial charge in [0.05, 0.1) is 0 Å². The average Bonchev–Trinajstić information content (AvgIpc) is 2.46. The number of para-hydroxylation sites is 1. The van der Waals surface area contributed by atoms with Crippen molar-refractivity contribution < 1.29 is 4.79 Å². The molecule has 2 nitrogen and oxygen atoms in total. The van der Waals surface area contributed by atoms with E-state index in [1.165, 1.54) is 5.56 Å². The Balaban J connectivity index is 2.03. The molecule has 2 aromatic carbocycles. The van der Waals surface area contributed by atoms with Crippen LogP contribution in [0.15, 0.2) is 48.5 Å². The van der Waals surface area contributed by atoms with Crippen LogP contribution in [-0.2, 0) is 6.42 Å². The van der Waals surface area contributed by atoms with E-state index in [1.54, 1.807) is 12.1 Å². The van der Waals surface area contributed by atoms with Crippen LogP contribution in [0, 0.1) is 0 Å². The van der Waals surface area contributed by atoms with E-state index in [9.17, 15) is 4.79 Å². The highest BCUT2D eigenvalue weighted by Crippen LogP contribution is 2.31. The molecule has 0 radical (unpaired) electrons. The Labute approximate surface area is 124 Å². The number of hydrogen-bond acceptors (Lipinski definition) is 1. The van der Waals surface area contributed by atoms with E-state index >= 15 is 0 Å². The van der Waals surface area contributed by atoms with Crippen LogP contribution in [0.3, 0.4) is 0 Å². The lowest BCUT2D eigenvalue weighted by Gasteiger charge is -2.35. The zero-order chi connectivity index (χ0) is 14.1. The molecule has 0 fully saturated rings. The van der Waals surface area contributed by atoms with Gasteiger partial charge in [0.15, 0.2) is 0 Å². The number of carbonyl (C=O) groups is 1. The van der Waals surface area contributed by atoms with Crippen LogP contribution < -0.4 is 4.90 Å². The van der Waals surface area contributed by atoms with Gasteiger partial charge in [-0.25, -0.2) is 0 Å². The lowest BCUT2D eigenvalue weighted by atomic mass is 9.96. The van der Waals surface area contributed by atoms with Crippen molar-refractivity contribution in [2.24, 2.45) is 0 Å². The van der Waals surface area contributed by atoms with E-state index in [0.717, 1.165) is 18.5 Å². The Morgan fingerprint density at radius 2 is 2.00 bits per heavy atom. The fourth-order valence-corrected chi connectivity index (χ4v) is 2.95. The van der Waals surface area contributed by atoms with E-state index in [0.29, 0.717) is 10.6 Å². The number of anilines is 1. The van der Waals surface area contributed by atoms with Crippen molar-refractivity contribution in [3.8, 4) is 0 Å². The van der Waals surface area contributed by atoms with Gasteiger partial charge in [0.1, 0.15) is 0 Å². The molecule has 1 heterocycles. The van der Waals surface area contributed by atoms with Crippen LogP contribution in [0.4, 0.5) is 5.69 Å². The maximum atomic E-state index is 12.8. The van der Waals surface area contributed by atoms with Crippen LogP contribution in [0.2, 0.25) is 5.02 Å². The maximum absolute atomic E-state index is 12.8. The molecule has 20 heavy (non-hydrogen) atoms. The Kier molecular flexibility index (Phi) is 3.49. The van der Waals surface area contributed by atoms with Gasteiger partial charge in [-0.15, -0.1) is 0 Å². The van der Waals surface area contributed by atoms with Crippen molar-refractivity contribution in [2.75, 3.05) is 4.90 Å². The second-order valence-electron chi connectivity index (χ2n) is 5.20. The SMILES string of the molecule is CC1CCc2ccccc2N1C(=O)c1cccc(Cl)c1. The Hall–Kier alpha value is -1.80. The standard InChI is InChI=1S/C17H16ClNO/c1-12-9-10-13-5-2-3-8-16(13)19(12)17(20)14-6-4-7-15(18)11-14/h2-8,11-12H,9-10H2,1H3. The Morgan fingerprint density at radius 1 is 1.20 bits per heavy atom. The van der Waals surface area contributed by atoms with Crippen molar-refractivity contribution in [1.82, 2.24) is 0 Å². The van der Waals surface area contributed by atoms with Gasteiger partial charge >= 0.3 is 0 Å². The van der Waals surface area contributed by atoms with E-state index in [4.69, 9.17) is 11.6 Å². The van der Waals surface area contributed by atoms with E-state index in [-0.39, 0.29) is 11.9 Å². The molecule has 0 N–H and O–H groups in total. The largest absolute Gasteiger partial charge is 0.305 e. The molecule has 1 aliphatic rings. The summed E-state index contributed by atoms with van der Waals surface area (Å²) in [5.41, 5.74) is 2.90. The minimum Gasteiger partial charge on any atom is -0.305 e. The van der Waals surface area contributed by atoms with Crippen molar-refractivity contribution >= 4 is 23.2 Å². The first kappa shape index (κ1) is 13.2. The van der Waals surface area contributed by atoms with Gasteiger partial charge in [-0.05, 0) is 49.6 Å². The smallest absolute Gasteiger partial charge is 0.258 e. The lowest BCUT2D eigenvalue weighted by molar-refractivity contribution is 0.0975. The number of fused-ring (bicyclic) bond motifs is 1. The summed E-state index contributed by atoms with van der Waals surface area (Å²) >= 11 is 5.99. The summed E-state index contributed by atoms with van der Waals surface area (Å²) in [6.45, 7) is 2.10. The quantitative estimate of drug-likeness (QED) is 0.764. The summed E-state index contributed by atoms with van der Waals surface area (Å²) in [4.78, 5) is 14.7. The number of benzene rings is 2. The van der Waals surface area contributed by atoms with Crippen LogP contribution in [-0.4, -0.2) is 11.9 Å². The van der Waals surface area contributed by atoms with E-state index in [1.807, 2.05) is 35.2 Å². The topological polar surface area (TPSA) is 20.3 Å². The van der Waals surface area contributed by atoms with Gasteiger partial charge in [-0.1, -0.05) is 35.9 Å². The van der Waals surface area contributed by atoms with Gasteiger partial charge in [-0.3, -0.25) is 4.79 Å². The first-order chi connectivity index (χ1) is 9.66. The summed E-state index contributed by atoms with van der Waals surface area (Å²) in [5.74, 6) is 0.0205. The third-order valence-electron chi connectivity index (χ3n) is 3.81. The molecule has 0 saturated carbocycles. The maximum Gasteiger partial charge on any atom is 0.258 e. The lowest BCUT2D eigenvalue weighted by Crippen LogP contribution is -2.42. The van der Waals surface area contributed by atoms with E-state index in [2.05, 4.69) is 13.0 Å². The number of carbonyl (C=O) groups excluding carboxylic acids is 1. The monoisotopic (exact) mass is 285 g/mol. The molecule has 3 rings (SSSR count). The van der Waals surface area contributed by atoms with Gasteiger partial charge < -0.3 is 4.90 Å². The Bertz CT molecular complexity index is 653. The fraction of sp³-hybridized carbons (Fsp3) is 0.235. The molecule has 0 aromatic heterocycles. The molecule has 0 aliphatic carbocycles. The van der Waals surface area contributed by atoms with Crippen LogP contribution in [0.25, 0.3) is 0 Å². The fourth-order valence-electron chi connectivity index (χ4n) is 2.76. The summed E-state index contributed by atoms with van der Waals surface area (Å²) in [6, 6.07) is 15.5.